The molecule has 1 atom stereocenters. The van der Waals surface area contributed by atoms with Crippen LogP contribution in [0.25, 0.3) is 10.2 Å². The molecule has 26 heavy (non-hydrogen) atoms. The lowest BCUT2D eigenvalue weighted by Gasteiger charge is -2.23. The van der Waals surface area contributed by atoms with Gasteiger partial charge in [-0.15, -0.1) is 0 Å². The molecule has 2 heterocycles. The van der Waals surface area contributed by atoms with Crippen molar-refractivity contribution in [1.29, 1.82) is 0 Å². The van der Waals surface area contributed by atoms with Crippen LogP contribution in [0.1, 0.15) is 6.92 Å². The van der Waals surface area contributed by atoms with Crippen LogP contribution in [0.5, 0.6) is 17.2 Å². The van der Waals surface area contributed by atoms with E-state index in [0.29, 0.717) is 22.9 Å². The number of carbonyl (C=O) groups is 1. The Hall–Kier alpha value is -2.80. The summed E-state index contributed by atoms with van der Waals surface area (Å²) >= 11 is 1.44. The first-order valence-electron chi connectivity index (χ1n) is 8.35. The Morgan fingerprint density at radius 1 is 1.27 bits per heavy atom. The molecule has 0 radical (unpaired) electrons. The lowest BCUT2D eigenvalue weighted by atomic mass is 10.2. The Bertz CT molecular complexity index is 1040. The Labute approximate surface area is 154 Å². The van der Waals surface area contributed by atoms with Crippen LogP contribution in [0, 0.1) is 0 Å². The van der Waals surface area contributed by atoms with Crippen molar-refractivity contribution in [3.8, 4) is 17.2 Å². The van der Waals surface area contributed by atoms with Gasteiger partial charge in [0.2, 0.25) is 6.10 Å². The lowest BCUT2D eigenvalue weighted by Crippen LogP contribution is -2.36. The van der Waals surface area contributed by atoms with Crippen molar-refractivity contribution >= 4 is 27.5 Å². The number of para-hydroxylation sites is 3. The van der Waals surface area contributed by atoms with Gasteiger partial charge in [0.1, 0.15) is 17.9 Å². The van der Waals surface area contributed by atoms with E-state index in [0.717, 1.165) is 16.0 Å². The molecule has 1 aromatic heterocycles. The molecule has 0 N–H and O–H groups in total. The SMILES string of the molecule is CCOc1cccc2sc(=NC(=O)[C@@H]3COc4ccccc4O3)n(C)c12. The van der Waals surface area contributed by atoms with Crippen LogP contribution in [-0.4, -0.2) is 29.8 Å². The average Bonchev–Trinajstić information content (AvgIpc) is 2.98. The Balaban J connectivity index is 1.67. The first-order chi connectivity index (χ1) is 12.7. The van der Waals surface area contributed by atoms with Crippen molar-refractivity contribution in [3.05, 3.63) is 47.3 Å². The van der Waals surface area contributed by atoms with Crippen LogP contribution < -0.4 is 19.0 Å². The van der Waals surface area contributed by atoms with Gasteiger partial charge >= 0.3 is 0 Å². The van der Waals surface area contributed by atoms with E-state index in [9.17, 15) is 4.79 Å². The summed E-state index contributed by atoms with van der Waals surface area (Å²) in [6.07, 6.45) is -0.749. The highest BCUT2D eigenvalue weighted by molar-refractivity contribution is 7.16. The fourth-order valence-electron chi connectivity index (χ4n) is 2.85. The number of thiazole rings is 1. The first kappa shape index (κ1) is 16.7. The highest BCUT2D eigenvalue weighted by Crippen LogP contribution is 2.31. The zero-order valence-electron chi connectivity index (χ0n) is 14.5. The molecule has 4 rings (SSSR count). The minimum atomic E-state index is -0.749. The fraction of sp³-hybridized carbons (Fsp3) is 0.263. The van der Waals surface area contributed by atoms with Crippen molar-refractivity contribution < 1.29 is 19.0 Å². The molecule has 7 heteroatoms. The number of carbonyl (C=O) groups excluding carboxylic acids is 1. The highest BCUT2D eigenvalue weighted by Gasteiger charge is 2.27. The molecule has 0 aliphatic carbocycles. The van der Waals surface area contributed by atoms with Crippen LogP contribution in [0.15, 0.2) is 47.5 Å². The number of rotatable bonds is 3. The lowest BCUT2D eigenvalue weighted by molar-refractivity contribution is -0.127. The largest absolute Gasteiger partial charge is 0.492 e. The van der Waals surface area contributed by atoms with Gasteiger partial charge in [0.05, 0.1) is 11.3 Å². The van der Waals surface area contributed by atoms with Gasteiger partial charge in [-0.25, -0.2) is 0 Å². The van der Waals surface area contributed by atoms with E-state index in [1.54, 1.807) is 6.07 Å². The summed E-state index contributed by atoms with van der Waals surface area (Å²) in [4.78, 5) is 17.5. The maximum atomic E-state index is 12.6. The van der Waals surface area contributed by atoms with E-state index in [1.807, 2.05) is 54.9 Å². The minimum absolute atomic E-state index is 0.151. The summed E-state index contributed by atoms with van der Waals surface area (Å²) in [6.45, 7) is 2.67. The van der Waals surface area contributed by atoms with E-state index in [1.165, 1.54) is 11.3 Å². The molecule has 1 aliphatic rings. The monoisotopic (exact) mass is 370 g/mol. The van der Waals surface area contributed by atoms with Gasteiger partial charge in [0.15, 0.2) is 16.3 Å². The summed E-state index contributed by atoms with van der Waals surface area (Å²) in [6, 6.07) is 13.1. The number of hydrogen-bond donors (Lipinski definition) is 0. The van der Waals surface area contributed by atoms with E-state index in [2.05, 4.69) is 4.99 Å². The zero-order chi connectivity index (χ0) is 18.1. The van der Waals surface area contributed by atoms with Crippen molar-refractivity contribution in [2.45, 2.75) is 13.0 Å². The predicted molar refractivity (Wildman–Crippen MR) is 98.9 cm³/mol. The van der Waals surface area contributed by atoms with Crippen molar-refractivity contribution in [2.75, 3.05) is 13.2 Å². The number of ether oxygens (including phenoxy) is 3. The second-order valence-electron chi connectivity index (χ2n) is 5.79. The van der Waals surface area contributed by atoms with Crippen LogP contribution in [0.3, 0.4) is 0 Å². The van der Waals surface area contributed by atoms with Crippen LogP contribution in [-0.2, 0) is 11.8 Å². The van der Waals surface area contributed by atoms with E-state index < -0.39 is 6.10 Å². The number of amides is 1. The second-order valence-corrected chi connectivity index (χ2v) is 6.80. The third kappa shape index (κ3) is 2.94. The van der Waals surface area contributed by atoms with Gasteiger partial charge in [-0.1, -0.05) is 29.5 Å². The fourth-order valence-corrected chi connectivity index (χ4v) is 3.90. The third-order valence-electron chi connectivity index (χ3n) is 4.08. The maximum absolute atomic E-state index is 12.6. The minimum Gasteiger partial charge on any atom is -0.492 e. The summed E-state index contributed by atoms with van der Waals surface area (Å²) < 4.78 is 19.9. The maximum Gasteiger partial charge on any atom is 0.292 e. The number of aromatic nitrogens is 1. The molecule has 134 valence electrons. The molecule has 0 unspecified atom stereocenters. The molecule has 3 aromatic rings. The number of aryl methyl sites for hydroxylation is 1. The summed E-state index contributed by atoms with van der Waals surface area (Å²) in [7, 11) is 1.88. The number of hydrogen-bond acceptors (Lipinski definition) is 5. The molecule has 0 spiro atoms. The Morgan fingerprint density at radius 2 is 2.08 bits per heavy atom. The van der Waals surface area contributed by atoms with Gasteiger partial charge in [-0.3, -0.25) is 4.79 Å². The van der Waals surface area contributed by atoms with E-state index >= 15 is 0 Å². The smallest absolute Gasteiger partial charge is 0.292 e. The zero-order valence-corrected chi connectivity index (χ0v) is 15.3. The highest BCUT2D eigenvalue weighted by atomic mass is 32.1. The molecular weight excluding hydrogens is 352 g/mol. The van der Waals surface area contributed by atoms with Gasteiger partial charge in [0.25, 0.3) is 5.91 Å². The van der Waals surface area contributed by atoms with Gasteiger partial charge in [-0.05, 0) is 31.2 Å². The van der Waals surface area contributed by atoms with Crippen LogP contribution in [0.2, 0.25) is 0 Å². The van der Waals surface area contributed by atoms with E-state index in [-0.39, 0.29) is 12.5 Å². The standard InChI is InChI=1S/C19H18N2O4S/c1-3-23-14-9-6-10-16-17(14)21(2)19(26-16)20-18(22)15-11-24-12-7-4-5-8-13(12)25-15/h4-10,15H,3,11H2,1-2H3/t15-/m0/s1. The number of nitrogens with zero attached hydrogens (tertiary/aromatic N) is 2. The molecule has 0 fully saturated rings. The molecular formula is C19H18N2O4S. The Kier molecular flexibility index (Phi) is 4.38. The first-order valence-corrected chi connectivity index (χ1v) is 9.17. The third-order valence-corrected chi connectivity index (χ3v) is 5.17. The Morgan fingerprint density at radius 3 is 2.88 bits per heavy atom. The number of fused-ring (bicyclic) bond motifs is 2. The quantitative estimate of drug-likeness (QED) is 0.711. The molecule has 6 nitrogen and oxygen atoms in total. The van der Waals surface area contributed by atoms with Gasteiger partial charge in [-0.2, -0.15) is 4.99 Å². The summed E-state index contributed by atoms with van der Waals surface area (Å²) in [5.41, 5.74) is 0.928. The molecule has 2 aromatic carbocycles. The normalized spacial score (nSPS) is 16.7. The average molecular weight is 370 g/mol. The van der Waals surface area contributed by atoms with Crippen molar-refractivity contribution in [2.24, 2.45) is 12.0 Å². The van der Waals surface area contributed by atoms with Crippen molar-refractivity contribution in [3.63, 3.8) is 0 Å². The molecule has 0 saturated heterocycles. The molecule has 1 aliphatic heterocycles. The van der Waals surface area contributed by atoms with Crippen LogP contribution >= 0.6 is 11.3 Å². The summed E-state index contributed by atoms with van der Waals surface area (Å²) in [5, 5.41) is 0. The number of benzene rings is 2. The molecule has 1 amide bonds. The molecule has 0 bridgehead atoms. The van der Waals surface area contributed by atoms with Crippen molar-refractivity contribution in [1.82, 2.24) is 4.57 Å². The van der Waals surface area contributed by atoms with Crippen LogP contribution in [0.4, 0.5) is 0 Å². The molecule has 0 saturated carbocycles. The van der Waals surface area contributed by atoms with Gasteiger partial charge in [0, 0.05) is 7.05 Å². The summed E-state index contributed by atoms with van der Waals surface area (Å²) in [5.74, 6) is 1.63. The van der Waals surface area contributed by atoms with E-state index in [4.69, 9.17) is 14.2 Å². The van der Waals surface area contributed by atoms with Gasteiger partial charge < -0.3 is 18.8 Å². The topological polar surface area (TPSA) is 62.1 Å². The predicted octanol–water partition coefficient (Wildman–Crippen LogP) is 2.91. The second kappa shape index (κ2) is 6.84.